The number of nitrogens with zero attached hydrogens (tertiary/aromatic N) is 1. The number of fused-ring (bicyclic) bond motifs is 1. The molecule has 4 rings (SSSR count). The molecule has 0 saturated carbocycles. The van der Waals surface area contributed by atoms with Crippen molar-refractivity contribution in [3.05, 3.63) is 60.2 Å². The van der Waals surface area contributed by atoms with Crippen LogP contribution in [-0.2, 0) is 10.0 Å². The average molecular weight is 403 g/mol. The summed E-state index contributed by atoms with van der Waals surface area (Å²) in [5, 5.41) is 9.96. The zero-order chi connectivity index (χ0) is 19.9. The Morgan fingerprint density at radius 1 is 0.929 bits per heavy atom. The quantitative estimate of drug-likeness (QED) is 0.705. The maximum Gasteiger partial charge on any atom is 0.239 e. The van der Waals surface area contributed by atoms with Gasteiger partial charge in [-0.1, -0.05) is 24.3 Å². The van der Waals surface area contributed by atoms with Gasteiger partial charge >= 0.3 is 0 Å². The minimum Gasteiger partial charge on any atom is -0.368 e. The smallest absolute Gasteiger partial charge is 0.239 e. The van der Waals surface area contributed by atoms with Gasteiger partial charge in [0, 0.05) is 54.3 Å². The molecule has 3 aromatic carbocycles. The Morgan fingerprint density at radius 3 is 2.14 bits per heavy atom. The highest BCUT2D eigenvalue weighted by molar-refractivity contribution is 7.89. The van der Waals surface area contributed by atoms with E-state index >= 15 is 0 Å². The van der Waals surface area contributed by atoms with Crippen LogP contribution in [0.25, 0.3) is 21.9 Å². The van der Waals surface area contributed by atoms with E-state index in [-0.39, 0.29) is 16.0 Å². The van der Waals surface area contributed by atoms with Crippen LogP contribution >= 0.6 is 0 Å². The molecule has 1 fully saturated rings. The molecule has 1 heterocycles. The summed E-state index contributed by atoms with van der Waals surface area (Å²) >= 11 is 0. The number of anilines is 1. The van der Waals surface area contributed by atoms with Crippen molar-refractivity contribution in [2.24, 2.45) is 5.14 Å². The van der Waals surface area contributed by atoms with Gasteiger partial charge in [-0.15, -0.1) is 0 Å². The summed E-state index contributed by atoms with van der Waals surface area (Å²) in [7, 11) is -4.16. The second-order valence-electron chi connectivity index (χ2n) is 6.76. The molecule has 3 N–H and O–H groups in total. The van der Waals surface area contributed by atoms with E-state index in [2.05, 4.69) is 10.2 Å². The van der Waals surface area contributed by atoms with Gasteiger partial charge in [0.15, 0.2) is 0 Å². The van der Waals surface area contributed by atoms with Gasteiger partial charge in [0.2, 0.25) is 10.0 Å². The second-order valence-corrected chi connectivity index (χ2v) is 8.26. The molecule has 5 nitrogen and oxygen atoms in total. The third-order valence-electron chi connectivity index (χ3n) is 4.89. The number of nitrogens with one attached hydrogen (secondary N) is 1. The number of hydrogen-bond acceptors (Lipinski definition) is 4. The van der Waals surface area contributed by atoms with Crippen LogP contribution in [0.3, 0.4) is 0 Å². The van der Waals surface area contributed by atoms with Crippen LogP contribution < -0.4 is 15.4 Å². The summed E-state index contributed by atoms with van der Waals surface area (Å²) in [5.74, 6) is -1.57. The largest absolute Gasteiger partial charge is 0.368 e. The van der Waals surface area contributed by atoms with Crippen molar-refractivity contribution in [1.82, 2.24) is 5.32 Å². The summed E-state index contributed by atoms with van der Waals surface area (Å²) in [6.07, 6.45) is 0. The van der Waals surface area contributed by atoms with Crippen molar-refractivity contribution in [2.45, 2.75) is 4.90 Å². The van der Waals surface area contributed by atoms with E-state index in [1.165, 1.54) is 0 Å². The molecule has 0 aromatic heterocycles. The maximum absolute atomic E-state index is 13.9. The average Bonchev–Trinajstić information content (AvgIpc) is 2.65. The summed E-state index contributed by atoms with van der Waals surface area (Å²) in [5.41, 5.74) is 1.13. The van der Waals surface area contributed by atoms with Crippen molar-refractivity contribution < 1.29 is 17.2 Å². The first-order valence-electron chi connectivity index (χ1n) is 8.85. The summed E-state index contributed by atoms with van der Waals surface area (Å²) < 4.78 is 52.7. The monoisotopic (exact) mass is 403 g/mol. The lowest BCUT2D eigenvalue weighted by molar-refractivity contribution is 0.583. The topological polar surface area (TPSA) is 75.4 Å². The van der Waals surface area contributed by atoms with Crippen molar-refractivity contribution >= 4 is 26.5 Å². The molecule has 0 spiro atoms. The number of rotatable bonds is 3. The molecular weight excluding hydrogens is 384 g/mol. The first-order chi connectivity index (χ1) is 13.3. The molecule has 0 radical (unpaired) electrons. The van der Waals surface area contributed by atoms with Crippen molar-refractivity contribution in [1.29, 1.82) is 0 Å². The molecule has 0 unspecified atom stereocenters. The van der Waals surface area contributed by atoms with E-state index in [4.69, 9.17) is 5.14 Å². The minimum atomic E-state index is -4.16. The second kappa shape index (κ2) is 7.12. The van der Waals surface area contributed by atoms with Gasteiger partial charge in [-0.25, -0.2) is 22.3 Å². The maximum atomic E-state index is 13.9. The molecule has 0 atom stereocenters. The van der Waals surface area contributed by atoms with Crippen molar-refractivity contribution in [3.8, 4) is 11.1 Å². The highest BCUT2D eigenvalue weighted by atomic mass is 32.2. The lowest BCUT2D eigenvalue weighted by Crippen LogP contribution is -2.43. The Morgan fingerprint density at radius 2 is 1.54 bits per heavy atom. The van der Waals surface area contributed by atoms with Crippen LogP contribution in [0.4, 0.5) is 14.5 Å². The number of sulfonamides is 1. The Hall–Kier alpha value is -2.55. The Bertz CT molecular complexity index is 1140. The van der Waals surface area contributed by atoms with Gasteiger partial charge in [-0.2, -0.15) is 0 Å². The van der Waals surface area contributed by atoms with Gasteiger partial charge in [-0.05, 0) is 23.8 Å². The molecule has 1 aliphatic rings. The fourth-order valence-corrected chi connectivity index (χ4v) is 4.70. The van der Waals surface area contributed by atoms with Crippen LogP contribution in [0.2, 0.25) is 0 Å². The van der Waals surface area contributed by atoms with E-state index in [0.29, 0.717) is 5.39 Å². The molecule has 3 aromatic rings. The molecule has 0 aliphatic carbocycles. The van der Waals surface area contributed by atoms with Gasteiger partial charge in [-0.3, -0.25) is 0 Å². The SMILES string of the molecule is NS(=O)(=O)c1c(-c2cc(F)cc(F)c2)cc(N2CCNCC2)c2ccccc12. The lowest BCUT2D eigenvalue weighted by atomic mass is 9.98. The third kappa shape index (κ3) is 3.46. The number of benzene rings is 3. The van der Waals surface area contributed by atoms with Gasteiger partial charge < -0.3 is 10.2 Å². The van der Waals surface area contributed by atoms with E-state index < -0.39 is 21.7 Å². The van der Waals surface area contributed by atoms with Gasteiger partial charge in [0.25, 0.3) is 0 Å². The third-order valence-corrected chi connectivity index (χ3v) is 5.90. The van der Waals surface area contributed by atoms with Crippen molar-refractivity contribution in [2.75, 3.05) is 31.1 Å². The first kappa shape index (κ1) is 18.8. The Kier molecular flexibility index (Phi) is 4.78. The summed E-state index contributed by atoms with van der Waals surface area (Å²) in [6.45, 7) is 3.04. The molecule has 0 amide bonds. The molecule has 1 saturated heterocycles. The first-order valence-corrected chi connectivity index (χ1v) is 10.4. The lowest BCUT2D eigenvalue weighted by Gasteiger charge is -2.31. The van der Waals surface area contributed by atoms with Crippen LogP contribution in [0.1, 0.15) is 0 Å². The standard InChI is InChI=1S/C20H19F2N3O2S/c21-14-9-13(10-15(22)11-14)18-12-19(25-7-5-24-6-8-25)16-3-1-2-4-17(16)20(18)28(23,26)27/h1-4,9-12,24H,5-8H2,(H2,23,26,27). The zero-order valence-electron chi connectivity index (χ0n) is 15.0. The minimum absolute atomic E-state index is 0.128. The summed E-state index contributed by atoms with van der Waals surface area (Å²) in [6, 6.07) is 11.7. The summed E-state index contributed by atoms with van der Waals surface area (Å²) in [4.78, 5) is 2.00. The van der Waals surface area contributed by atoms with E-state index in [9.17, 15) is 17.2 Å². The molecule has 146 valence electrons. The number of halogens is 2. The normalized spacial score (nSPS) is 15.2. The molecule has 28 heavy (non-hydrogen) atoms. The highest BCUT2D eigenvalue weighted by Gasteiger charge is 2.24. The number of nitrogens with two attached hydrogens (primary N) is 1. The van der Waals surface area contributed by atoms with Gasteiger partial charge in [0.1, 0.15) is 11.6 Å². The highest BCUT2D eigenvalue weighted by Crippen LogP contribution is 2.39. The van der Waals surface area contributed by atoms with Gasteiger partial charge in [0.05, 0.1) is 4.90 Å². The van der Waals surface area contributed by atoms with E-state index in [1.807, 2.05) is 12.1 Å². The van der Waals surface area contributed by atoms with Crippen LogP contribution in [0.5, 0.6) is 0 Å². The molecule has 1 aliphatic heterocycles. The Labute approximate surface area is 161 Å². The van der Waals surface area contributed by atoms with Crippen molar-refractivity contribution in [3.63, 3.8) is 0 Å². The molecule has 8 heteroatoms. The fourth-order valence-electron chi connectivity index (χ4n) is 3.73. The predicted octanol–water partition coefficient (Wildman–Crippen LogP) is 2.84. The fraction of sp³-hybridized carbons (Fsp3) is 0.200. The van der Waals surface area contributed by atoms with E-state index in [0.717, 1.165) is 55.5 Å². The molecular formula is C20H19F2N3O2S. The number of primary sulfonamides is 1. The van der Waals surface area contributed by atoms with Crippen LogP contribution in [0, 0.1) is 11.6 Å². The van der Waals surface area contributed by atoms with Crippen LogP contribution in [-0.4, -0.2) is 34.6 Å². The number of hydrogen-bond donors (Lipinski definition) is 2. The predicted molar refractivity (Wildman–Crippen MR) is 106 cm³/mol. The molecule has 0 bridgehead atoms. The number of piperazine rings is 1. The Balaban J connectivity index is 2.09. The van der Waals surface area contributed by atoms with E-state index in [1.54, 1.807) is 18.2 Å². The zero-order valence-corrected chi connectivity index (χ0v) is 15.8. The van der Waals surface area contributed by atoms with Crippen LogP contribution in [0.15, 0.2) is 53.4 Å².